The second kappa shape index (κ2) is 14.2. The molecule has 1 aliphatic carbocycles. The summed E-state index contributed by atoms with van der Waals surface area (Å²) in [4.78, 5) is 41.2. The maximum absolute atomic E-state index is 12.4. The van der Waals surface area contributed by atoms with Gasteiger partial charge in [-0.2, -0.15) is 0 Å². The van der Waals surface area contributed by atoms with E-state index in [0.717, 1.165) is 6.04 Å². The Morgan fingerprint density at radius 1 is 0.976 bits per heavy atom. The molecule has 3 aromatic rings. The maximum Gasteiger partial charge on any atom is 0.407 e. The Morgan fingerprint density at radius 3 is 2.29 bits per heavy atom. The summed E-state index contributed by atoms with van der Waals surface area (Å²) >= 11 is 0. The molecular weight excluding hydrogens is 552 g/mol. The third kappa shape index (κ3) is 8.45. The van der Waals surface area contributed by atoms with E-state index in [1.807, 2.05) is 35.0 Å². The highest BCUT2D eigenvalue weighted by Crippen LogP contribution is 2.44. The van der Waals surface area contributed by atoms with Crippen molar-refractivity contribution in [1.82, 2.24) is 20.2 Å². The fourth-order valence-electron chi connectivity index (χ4n) is 4.91. The lowest BCUT2D eigenvalue weighted by Crippen LogP contribution is -2.43. The lowest BCUT2D eigenvalue weighted by molar-refractivity contribution is -0.143. The Labute approximate surface area is 247 Å². The molecule has 2 amide bonds. The number of carbonyl (C=O) groups is 3. The molecule has 0 fully saturated rings. The molecule has 1 aromatic heterocycles. The highest BCUT2D eigenvalue weighted by atomic mass is 28.3. The zero-order valence-electron chi connectivity index (χ0n) is 24.7. The van der Waals surface area contributed by atoms with Gasteiger partial charge in [0.15, 0.2) is 0 Å². The Bertz CT molecular complexity index is 1340. The Balaban J connectivity index is 1.19. The zero-order valence-corrected chi connectivity index (χ0v) is 25.7. The SMILES string of the molecule is COC(=O)[C@H](Cc1cn(CCCNC(=O)OCC2c3ccccc3-c3ccccc32)cn1)NC(=O)OCC[Si](C)(C)C. The molecule has 1 heterocycles. The highest BCUT2D eigenvalue weighted by molar-refractivity contribution is 6.76. The normalized spacial score (nSPS) is 13.0. The number of aryl methyl sites for hydroxylation is 1. The predicted molar refractivity (Wildman–Crippen MR) is 162 cm³/mol. The van der Waals surface area contributed by atoms with Gasteiger partial charge in [0.25, 0.3) is 0 Å². The number of imidazole rings is 1. The first-order chi connectivity index (χ1) is 20.1. The smallest absolute Gasteiger partial charge is 0.407 e. The molecule has 4 rings (SSSR count). The minimum absolute atomic E-state index is 0.0165. The van der Waals surface area contributed by atoms with Gasteiger partial charge in [0.2, 0.25) is 0 Å². The molecule has 2 N–H and O–H groups in total. The predicted octanol–water partition coefficient (Wildman–Crippen LogP) is 4.96. The van der Waals surface area contributed by atoms with E-state index in [2.05, 4.69) is 59.5 Å². The number of esters is 1. The third-order valence-electron chi connectivity index (χ3n) is 7.17. The van der Waals surface area contributed by atoms with Gasteiger partial charge in [0.1, 0.15) is 12.6 Å². The Hall–Kier alpha value is -4.12. The number of nitrogens with one attached hydrogen (secondary N) is 2. The summed E-state index contributed by atoms with van der Waals surface area (Å²) in [6.45, 7) is 8.20. The minimum Gasteiger partial charge on any atom is -0.467 e. The van der Waals surface area contributed by atoms with Gasteiger partial charge < -0.3 is 29.4 Å². The van der Waals surface area contributed by atoms with Crippen molar-refractivity contribution in [2.24, 2.45) is 0 Å². The summed E-state index contributed by atoms with van der Waals surface area (Å²) in [5, 5.41) is 5.41. The van der Waals surface area contributed by atoms with Gasteiger partial charge in [0.05, 0.1) is 25.7 Å². The molecule has 2 aromatic carbocycles. The lowest BCUT2D eigenvalue weighted by atomic mass is 9.98. The van der Waals surface area contributed by atoms with Crippen LogP contribution in [0.15, 0.2) is 61.1 Å². The Morgan fingerprint density at radius 2 is 1.64 bits per heavy atom. The highest BCUT2D eigenvalue weighted by Gasteiger charge is 2.29. The van der Waals surface area contributed by atoms with E-state index in [0.29, 0.717) is 31.8 Å². The number of benzene rings is 2. The fraction of sp³-hybridized carbons (Fsp3) is 0.419. The van der Waals surface area contributed by atoms with Crippen LogP contribution in [0.3, 0.4) is 0 Å². The van der Waals surface area contributed by atoms with Gasteiger partial charge in [-0.1, -0.05) is 68.2 Å². The van der Waals surface area contributed by atoms with Crippen LogP contribution in [0.25, 0.3) is 11.1 Å². The first-order valence-electron chi connectivity index (χ1n) is 14.3. The molecule has 1 atom stereocenters. The van der Waals surface area contributed by atoms with Crippen LogP contribution in [0, 0.1) is 0 Å². The van der Waals surface area contributed by atoms with Crippen LogP contribution in [0.5, 0.6) is 0 Å². The quantitative estimate of drug-likeness (QED) is 0.125. The number of fused-ring (bicyclic) bond motifs is 3. The number of rotatable bonds is 13. The van der Waals surface area contributed by atoms with E-state index >= 15 is 0 Å². The number of amides is 2. The van der Waals surface area contributed by atoms with Crippen LogP contribution >= 0.6 is 0 Å². The second-order valence-electron chi connectivity index (χ2n) is 11.6. The number of alkyl carbamates (subject to hydrolysis) is 2. The molecule has 11 heteroatoms. The van der Waals surface area contributed by atoms with Crippen LogP contribution in [-0.2, 0) is 32.0 Å². The van der Waals surface area contributed by atoms with Gasteiger partial charge in [-0.15, -0.1) is 0 Å². The van der Waals surface area contributed by atoms with Crippen molar-refractivity contribution in [3.8, 4) is 11.1 Å². The van der Waals surface area contributed by atoms with E-state index in [1.54, 1.807) is 6.33 Å². The average Bonchev–Trinajstić information content (AvgIpc) is 3.54. The van der Waals surface area contributed by atoms with Crippen molar-refractivity contribution >= 4 is 26.2 Å². The summed E-state index contributed by atoms with van der Waals surface area (Å²) in [6, 6.07) is 16.4. The van der Waals surface area contributed by atoms with Crippen molar-refractivity contribution in [3.63, 3.8) is 0 Å². The van der Waals surface area contributed by atoms with Gasteiger partial charge in [-0.3, -0.25) is 0 Å². The van der Waals surface area contributed by atoms with Crippen molar-refractivity contribution in [2.75, 3.05) is 26.9 Å². The molecule has 0 unspecified atom stereocenters. The third-order valence-corrected chi connectivity index (χ3v) is 8.87. The molecule has 0 saturated carbocycles. The van der Waals surface area contributed by atoms with Crippen LogP contribution in [-0.4, -0.2) is 68.7 Å². The lowest BCUT2D eigenvalue weighted by Gasteiger charge is -2.18. The molecule has 0 radical (unpaired) electrons. The van der Waals surface area contributed by atoms with Crippen molar-refractivity contribution in [1.29, 1.82) is 0 Å². The van der Waals surface area contributed by atoms with Gasteiger partial charge in [-0.25, -0.2) is 19.4 Å². The molecule has 224 valence electrons. The molecule has 0 saturated heterocycles. The molecule has 0 bridgehead atoms. The van der Waals surface area contributed by atoms with Crippen LogP contribution in [0.1, 0.15) is 29.2 Å². The Kier molecular flexibility index (Phi) is 10.4. The van der Waals surface area contributed by atoms with Crippen molar-refractivity contribution in [3.05, 3.63) is 77.9 Å². The second-order valence-corrected chi connectivity index (χ2v) is 17.2. The summed E-state index contributed by atoms with van der Waals surface area (Å²) < 4.78 is 17.6. The van der Waals surface area contributed by atoms with Crippen molar-refractivity contribution in [2.45, 2.75) is 57.0 Å². The molecular formula is C31H40N4O6Si. The maximum atomic E-state index is 12.4. The number of methoxy groups -OCH3 is 1. The fourth-order valence-corrected chi connectivity index (χ4v) is 5.63. The van der Waals surface area contributed by atoms with Crippen molar-refractivity contribution < 1.29 is 28.6 Å². The van der Waals surface area contributed by atoms with Gasteiger partial charge in [-0.05, 0) is 34.7 Å². The van der Waals surface area contributed by atoms with E-state index in [1.165, 1.54) is 29.4 Å². The van der Waals surface area contributed by atoms with Crippen LogP contribution in [0.4, 0.5) is 9.59 Å². The van der Waals surface area contributed by atoms with E-state index in [-0.39, 0.29) is 18.9 Å². The van der Waals surface area contributed by atoms with E-state index in [9.17, 15) is 14.4 Å². The summed E-state index contributed by atoms with van der Waals surface area (Å²) in [5.74, 6) is -0.554. The monoisotopic (exact) mass is 592 g/mol. The number of ether oxygens (including phenoxy) is 3. The molecule has 1 aliphatic rings. The number of hydrogen-bond acceptors (Lipinski definition) is 7. The number of nitrogens with zero attached hydrogens (tertiary/aromatic N) is 2. The largest absolute Gasteiger partial charge is 0.467 e. The first kappa shape index (κ1) is 30.8. The molecule has 10 nitrogen and oxygen atoms in total. The standard InChI is InChI=1S/C31H40N4O6Si/c1-39-29(36)28(34-31(38)40-16-17-42(2,3)4)18-22-19-35(21-33-22)15-9-14-32-30(37)41-20-27-25-12-7-5-10-23(25)24-11-6-8-13-26(24)27/h5-8,10-13,19,21,27-28H,9,14-18,20H2,1-4H3,(H,32,37)(H,34,38)/t28-/m0/s1. The number of carbonyl (C=O) groups excluding carboxylic acids is 3. The number of aromatic nitrogens is 2. The number of hydrogen-bond donors (Lipinski definition) is 2. The zero-order chi connectivity index (χ0) is 30.1. The van der Waals surface area contributed by atoms with Gasteiger partial charge in [0, 0.05) is 39.7 Å². The minimum atomic E-state index is -1.34. The average molecular weight is 593 g/mol. The summed E-state index contributed by atoms with van der Waals surface area (Å²) in [5.41, 5.74) is 5.34. The first-order valence-corrected chi connectivity index (χ1v) is 18.0. The van der Waals surface area contributed by atoms with Crippen LogP contribution in [0.2, 0.25) is 25.7 Å². The van der Waals surface area contributed by atoms with E-state index in [4.69, 9.17) is 14.2 Å². The van der Waals surface area contributed by atoms with E-state index < -0.39 is 32.3 Å². The summed E-state index contributed by atoms with van der Waals surface area (Å²) in [6.07, 6.45) is 3.18. The van der Waals surface area contributed by atoms with Crippen LogP contribution < -0.4 is 10.6 Å². The summed E-state index contributed by atoms with van der Waals surface area (Å²) in [7, 11) is -0.0707. The molecule has 0 aliphatic heterocycles. The molecule has 0 spiro atoms. The topological polar surface area (TPSA) is 121 Å². The van der Waals surface area contributed by atoms with Gasteiger partial charge >= 0.3 is 18.2 Å². The molecule has 42 heavy (non-hydrogen) atoms.